The predicted molar refractivity (Wildman–Crippen MR) is 110 cm³/mol. The van der Waals surface area contributed by atoms with Gasteiger partial charge in [-0.05, 0) is 48.0 Å². The third-order valence-corrected chi connectivity index (χ3v) is 4.07. The van der Waals surface area contributed by atoms with Crippen molar-refractivity contribution < 1.29 is 9.59 Å². The van der Waals surface area contributed by atoms with Crippen molar-refractivity contribution in [2.45, 2.75) is 0 Å². The molecule has 4 nitrogen and oxygen atoms in total. The molecule has 0 atom stereocenters. The number of nitrogens with one attached hydrogen (secondary N) is 1. The molecule has 0 spiro atoms. The molecule has 0 aromatic heterocycles. The number of anilines is 2. The highest BCUT2D eigenvalue weighted by Crippen LogP contribution is 2.16. The van der Waals surface area contributed by atoms with Gasteiger partial charge in [0.25, 0.3) is 5.91 Å². The molecule has 134 valence electrons. The quantitative estimate of drug-likeness (QED) is 0.679. The topological polar surface area (TPSA) is 49.4 Å². The minimum atomic E-state index is -0.223. The number of para-hydroxylation sites is 1. The fraction of sp³-hybridized carbons (Fsp3) is 0.0435. The van der Waals surface area contributed by atoms with Crippen LogP contribution in [-0.4, -0.2) is 18.9 Å². The molecule has 0 saturated carbocycles. The fourth-order valence-corrected chi connectivity index (χ4v) is 2.58. The van der Waals surface area contributed by atoms with Gasteiger partial charge in [0.05, 0.1) is 0 Å². The largest absolute Gasteiger partial charge is 0.323 e. The van der Waals surface area contributed by atoms with Crippen LogP contribution in [0.25, 0.3) is 6.08 Å². The smallest absolute Gasteiger partial charge is 0.258 e. The van der Waals surface area contributed by atoms with Crippen LogP contribution in [0.1, 0.15) is 15.9 Å². The lowest BCUT2D eigenvalue weighted by molar-refractivity contribution is -0.111. The van der Waals surface area contributed by atoms with Gasteiger partial charge >= 0.3 is 0 Å². The van der Waals surface area contributed by atoms with Crippen molar-refractivity contribution in [2.75, 3.05) is 17.3 Å². The van der Waals surface area contributed by atoms with Crippen LogP contribution in [0, 0.1) is 0 Å². The fourth-order valence-electron chi connectivity index (χ4n) is 2.58. The van der Waals surface area contributed by atoms with Crippen LogP contribution < -0.4 is 10.2 Å². The zero-order chi connectivity index (χ0) is 19.1. The third kappa shape index (κ3) is 4.92. The SMILES string of the molecule is CN(C(=O)c1ccc(NC(=O)/C=C/c2ccccc2)cc1)c1ccccc1. The van der Waals surface area contributed by atoms with E-state index in [9.17, 15) is 9.59 Å². The summed E-state index contributed by atoms with van der Waals surface area (Å²) in [6.45, 7) is 0. The Balaban J connectivity index is 1.62. The maximum atomic E-state index is 12.6. The second-order valence-corrected chi connectivity index (χ2v) is 6.01. The zero-order valence-electron chi connectivity index (χ0n) is 15.0. The summed E-state index contributed by atoms with van der Waals surface area (Å²) in [5.74, 6) is -0.331. The molecule has 1 N–H and O–H groups in total. The number of amides is 2. The molecule has 0 radical (unpaired) electrons. The van der Waals surface area contributed by atoms with E-state index in [4.69, 9.17) is 0 Å². The zero-order valence-corrected chi connectivity index (χ0v) is 15.0. The first-order chi connectivity index (χ1) is 13.1. The summed E-state index contributed by atoms with van der Waals surface area (Å²) in [5.41, 5.74) is 2.97. The maximum Gasteiger partial charge on any atom is 0.258 e. The van der Waals surface area contributed by atoms with Crippen molar-refractivity contribution >= 4 is 29.3 Å². The highest BCUT2D eigenvalue weighted by molar-refractivity contribution is 6.06. The van der Waals surface area contributed by atoms with Gasteiger partial charge in [0, 0.05) is 30.1 Å². The first-order valence-electron chi connectivity index (χ1n) is 8.61. The summed E-state index contributed by atoms with van der Waals surface area (Å²) in [6.07, 6.45) is 3.24. The van der Waals surface area contributed by atoms with Crippen molar-refractivity contribution in [3.05, 3.63) is 102 Å². The molecule has 0 saturated heterocycles. The molecule has 3 aromatic carbocycles. The van der Waals surface area contributed by atoms with E-state index in [1.54, 1.807) is 42.3 Å². The lowest BCUT2D eigenvalue weighted by Crippen LogP contribution is -2.26. The van der Waals surface area contributed by atoms with Crippen LogP contribution in [0.2, 0.25) is 0 Å². The lowest BCUT2D eigenvalue weighted by Gasteiger charge is -2.17. The Morgan fingerprint density at radius 2 is 1.41 bits per heavy atom. The van der Waals surface area contributed by atoms with E-state index in [0.717, 1.165) is 11.3 Å². The van der Waals surface area contributed by atoms with Crippen molar-refractivity contribution in [3.63, 3.8) is 0 Å². The Labute approximate surface area is 158 Å². The molecule has 0 bridgehead atoms. The monoisotopic (exact) mass is 356 g/mol. The number of nitrogens with zero attached hydrogens (tertiary/aromatic N) is 1. The molecule has 0 aliphatic carbocycles. The summed E-state index contributed by atoms with van der Waals surface area (Å²) in [4.78, 5) is 26.2. The maximum absolute atomic E-state index is 12.6. The molecule has 2 amide bonds. The molecular weight excluding hydrogens is 336 g/mol. The minimum Gasteiger partial charge on any atom is -0.323 e. The molecule has 0 aliphatic rings. The van der Waals surface area contributed by atoms with Gasteiger partial charge < -0.3 is 10.2 Å². The summed E-state index contributed by atoms with van der Waals surface area (Å²) in [5, 5.41) is 2.79. The third-order valence-electron chi connectivity index (χ3n) is 4.07. The molecule has 3 aromatic rings. The minimum absolute atomic E-state index is 0.108. The summed E-state index contributed by atoms with van der Waals surface area (Å²) in [7, 11) is 1.74. The van der Waals surface area contributed by atoms with E-state index >= 15 is 0 Å². The number of rotatable bonds is 5. The number of carbonyl (C=O) groups excluding carboxylic acids is 2. The van der Waals surface area contributed by atoms with Crippen LogP contribution in [0.5, 0.6) is 0 Å². The van der Waals surface area contributed by atoms with E-state index < -0.39 is 0 Å². The predicted octanol–water partition coefficient (Wildman–Crippen LogP) is 4.62. The molecule has 0 fully saturated rings. The van der Waals surface area contributed by atoms with Crippen LogP contribution in [-0.2, 0) is 4.79 Å². The summed E-state index contributed by atoms with van der Waals surface area (Å²) < 4.78 is 0. The molecule has 3 rings (SSSR count). The summed E-state index contributed by atoms with van der Waals surface area (Å²) >= 11 is 0. The van der Waals surface area contributed by atoms with E-state index in [1.807, 2.05) is 60.7 Å². The van der Waals surface area contributed by atoms with Gasteiger partial charge in [-0.3, -0.25) is 9.59 Å². The van der Waals surface area contributed by atoms with Crippen molar-refractivity contribution in [2.24, 2.45) is 0 Å². The van der Waals surface area contributed by atoms with E-state index in [-0.39, 0.29) is 11.8 Å². The van der Waals surface area contributed by atoms with Crippen molar-refractivity contribution in [1.29, 1.82) is 0 Å². The second-order valence-electron chi connectivity index (χ2n) is 6.01. The molecule has 0 heterocycles. The first-order valence-corrected chi connectivity index (χ1v) is 8.61. The van der Waals surface area contributed by atoms with Crippen molar-refractivity contribution in [1.82, 2.24) is 0 Å². The average Bonchev–Trinajstić information content (AvgIpc) is 2.73. The van der Waals surface area contributed by atoms with Crippen molar-refractivity contribution in [3.8, 4) is 0 Å². The van der Waals surface area contributed by atoms with Gasteiger partial charge in [0.1, 0.15) is 0 Å². The highest BCUT2D eigenvalue weighted by atomic mass is 16.2. The standard InChI is InChI=1S/C23H20N2O2/c1-25(21-10-6-3-7-11-21)23(27)19-13-15-20(16-14-19)24-22(26)17-12-18-8-4-2-5-9-18/h2-17H,1H3,(H,24,26)/b17-12+. The lowest BCUT2D eigenvalue weighted by atomic mass is 10.1. The highest BCUT2D eigenvalue weighted by Gasteiger charge is 2.13. The average molecular weight is 356 g/mol. The van der Waals surface area contributed by atoms with Gasteiger partial charge in [0.2, 0.25) is 5.91 Å². The van der Waals surface area contributed by atoms with Gasteiger partial charge in [-0.15, -0.1) is 0 Å². The van der Waals surface area contributed by atoms with Crippen LogP contribution in [0.3, 0.4) is 0 Å². The van der Waals surface area contributed by atoms with Gasteiger partial charge in [-0.25, -0.2) is 0 Å². The van der Waals surface area contributed by atoms with Crippen LogP contribution in [0.15, 0.2) is 91.0 Å². The number of carbonyl (C=O) groups is 2. The molecule has 4 heteroatoms. The summed E-state index contributed by atoms with van der Waals surface area (Å²) in [6, 6.07) is 25.9. The Kier molecular flexibility index (Phi) is 5.80. The number of hydrogen-bond acceptors (Lipinski definition) is 2. The van der Waals surface area contributed by atoms with E-state index in [2.05, 4.69) is 5.32 Å². The Morgan fingerprint density at radius 3 is 2.04 bits per heavy atom. The molecule has 0 unspecified atom stereocenters. The molecular formula is C23H20N2O2. The van der Waals surface area contributed by atoms with Crippen LogP contribution >= 0.6 is 0 Å². The Morgan fingerprint density at radius 1 is 0.815 bits per heavy atom. The Hall–Kier alpha value is -3.66. The Bertz CT molecular complexity index is 933. The van der Waals surface area contributed by atoms with E-state index in [1.165, 1.54) is 6.08 Å². The number of benzene rings is 3. The normalized spacial score (nSPS) is 10.6. The van der Waals surface area contributed by atoms with Gasteiger partial charge in [-0.1, -0.05) is 48.5 Å². The van der Waals surface area contributed by atoms with E-state index in [0.29, 0.717) is 11.3 Å². The van der Waals surface area contributed by atoms with Crippen LogP contribution in [0.4, 0.5) is 11.4 Å². The number of hydrogen-bond donors (Lipinski definition) is 1. The molecule has 0 aliphatic heterocycles. The molecule has 27 heavy (non-hydrogen) atoms. The second kappa shape index (κ2) is 8.63. The van der Waals surface area contributed by atoms with Gasteiger partial charge in [0.15, 0.2) is 0 Å². The van der Waals surface area contributed by atoms with Gasteiger partial charge in [-0.2, -0.15) is 0 Å². The first kappa shape index (κ1) is 18.1.